The van der Waals surface area contributed by atoms with E-state index < -0.39 is 9.84 Å². The summed E-state index contributed by atoms with van der Waals surface area (Å²) in [6.07, 6.45) is 1.71. The zero-order chi connectivity index (χ0) is 17.9. The molecule has 2 aromatic carbocycles. The van der Waals surface area contributed by atoms with Crippen LogP contribution in [0, 0.1) is 6.92 Å². The van der Waals surface area contributed by atoms with Crippen LogP contribution in [0.15, 0.2) is 66.1 Å². The van der Waals surface area contributed by atoms with Gasteiger partial charge in [0.25, 0.3) is 0 Å². The fraction of sp³-hybridized carbons (Fsp3) is 0.211. The van der Waals surface area contributed by atoms with Crippen LogP contribution in [-0.4, -0.2) is 30.2 Å². The second kappa shape index (κ2) is 7.37. The van der Waals surface area contributed by atoms with Gasteiger partial charge in [-0.2, -0.15) is 0 Å². The van der Waals surface area contributed by atoms with Crippen molar-refractivity contribution in [2.75, 3.05) is 11.1 Å². The summed E-state index contributed by atoms with van der Waals surface area (Å²) >= 11 is 5.61. The van der Waals surface area contributed by atoms with Crippen LogP contribution in [0.1, 0.15) is 11.1 Å². The second-order valence-electron chi connectivity index (χ2n) is 6.08. The quantitative estimate of drug-likeness (QED) is 0.833. The molecule has 4 nitrogen and oxygen atoms in total. The average molecular weight is 373 g/mol. The Balaban J connectivity index is 1.84. The number of aryl methyl sites for hydroxylation is 1. The van der Waals surface area contributed by atoms with Gasteiger partial charge in [0.2, 0.25) is 0 Å². The molecule has 1 atom stereocenters. The third kappa shape index (κ3) is 4.46. The van der Waals surface area contributed by atoms with Crippen molar-refractivity contribution in [3.05, 3.63) is 77.2 Å². The number of sulfone groups is 1. The molecular formula is C19H20N2O2S2. The molecule has 3 rings (SSSR count). The van der Waals surface area contributed by atoms with Crippen molar-refractivity contribution in [1.29, 1.82) is 0 Å². The number of nitrogens with zero attached hydrogens (tertiary/aromatic N) is 1. The first-order valence-electron chi connectivity index (χ1n) is 8.03. The third-order valence-corrected chi connectivity index (χ3v) is 5.87. The summed E-state index contributed by atoms with van der Waals surface area (Å²) in [4.78, 5) is 1.93. The van der Waals surface area contributed by atoms with E-state index >= 15 is 0 Å². The Hall–Kier alpha value is -2.18. The summed E-state index contributed by atoms with van der Waals surface area (Å²) in [5.74, 6) is 0.0510. The van der Waals surface area contributed by atoms with Crippen LogP contribution in [0.25, 0.3) is 0 Å². The van der Waals surface area contributed by atoms with Crippen molar-refractivity contribution in [2.24, 2.45) is 0 Å². The minimum absolute atomic E-state index is 0.0510. The fourth-order valence-electron chi connectivity index (χ4n) is 2.77. The molecule has 6 heteroatoms. The Labute approximate surface area is 154 Å². The zero-order valence-electron chi connectivity index (χ0n) is 13.9. The van der Waals surface area contributed by atoms with Crippen molar-refractivity contribution < 1.29 is 8.42 Å². The lowest BCUT2D eigenvalue weighted by atomic mass is 10.2. The van der Waals surface area contributed by atoms with Gasteiger partial charge in [-0.3, -0.25) is 0 Å². The SMILES string of the molecule is Cc1ccccc1NC(=S)N(Cc1ccccc1)[C@@H]1C=CS(=O)(=O)C1. The van der Waals surface area contributed by atoms with E-state index in [1.165, 1.54) is 5.41 Å². The van der Waals surface area contributed by atoms with E-state index in [1.54, 1.807) is 6.08 Å². The predicted octanol–water partition coefficient (Wildman–Crippen LogP) is 3.50. The Morgan fingerprint density at radius 1 is 1.16 bits per heavy atom. The molecule has 0 saturated heterocycles. The highest BCUT2D eigenvalue weighted by Gasteiger charge is 2.29. The summed E-state index contributed by atoms with van der Waals surface area (Å²) in [6.45, 7) is 2.55. The topological polar surface area (TPSA) is 49.4 Å². The van der Waals surface area contributed by atoms with Crippen molar-refractivity contribution in [3.63, 3.8) is 0 Å². The van der Waals surface area contributed by atoms with Crippen molar-refractivity contribution in [3.8, 4) is 0 Å². The van der Waals surface area contributed by atoms with Gasteiger partial charge in [0, 0.05) is 17.6 Å². The van der Waals surface area contributed by atoms with Crippen LogP contribution < -0.4 is 5.32 Å². The molecule has 25 heavy (non-hydrogen) atoms. The molecule has 0 fully saturated rings. The normalized spacial score (nSPS) is 18.0. The lowest BCUT2D eigenvalue weighted by molar-refractivity contribution is 0.380. The molecule has 0 bridgehead atoms. The van der Waals surface area contributed by atoms with Gasteiger partial charge < -0.3 is 10.2 Å². The molecule has 0 amide bonds. The van der Waals surface area contributed by atoms with Crippen molar-refractivity contribution in [2.45, 2.75) is 19.5 Å². The number of benzene rings is 2. The highest BCUT2D eigenvalue weighted by molar-refractivity contribution is 7.94. The lowest BCUT2D eigenvalue weighted by Crippen LogP contribution is -2.42. The molecule has 0 spiro atoms. The zero-order valence-corrected chi connectivity index (χ0v) is 15.6. The van der Waals surface area contributed by atoms with Crippen LogP contribution in [0.3, 0.4) is 0 Å². The van der Waals surface area contributed by atoms with Gasteiger partial charge in [-0.1, -0.05) is 48.5 Å². The first-order chi connectivity index (χ1) is 11.9. The Morgan fingerprint density at radius 3 is 2.48 bits per heavy atom. The summed E-state index contributed by atoms with van der Waals surface area (Å²) in [5, 5.41) is 5.07. The van der Waals surface area contributed by atoms with Crippen LogP contribution in [0.4, 0.5) is 5.69 Å². The monoisotopic (exact) mass is 372 g/mol. The van der Waals surface area contributed by atoms with Gasteiger partial charge >= 0.3 is 0 Å². The molecule has 0 saturated carbocycles. The number of nitrogens with one attached hydrogen (secondary N) is 1. The summed E-state index contributed by atoms with van der Waals surface area (Å²) in [6, 6.07) is 17.5. The number of rotatable bonds is 4. The van der Waals surface area contributed by atoms with E-state index in [0.29, 0.717) is 11.7 Å². The van der Waals surface area contributed by atoms with Gasteiger partial charge in [-0.15, -0.1) is 0 Å². The van der Waals surface area contributed by atoms with Crippen LogP contribution in [0.5, 0.6) is 0 Å². The minimum Gasteiger partial charge on any atom is -0.337 e. The van der Waals surface area contributed by atoms with Gasteiger partial charge in [-0.05, 0) is 42.4 Å². The molecule has 0 radical (unpaired) electrons. The minimum atomic E-state index is -3.16. The van der Waals surface area contributed by atoms with Gasteiger partial charge in [0.15, 0.2) is 14.9 Å². The largest absolute Gasteiger partial charge is 0.337 e. The van der Waals surface area contributed by atoms with Gasteiger partial charge in [0.1, 0.15) is 0 Å². The van der Waals surface area contributed by atoms with Gasteiger partial charge in [-0.25, -0.2) is 8.42 Å². The first kappa shape index (κ1) is 17.6. The Kier molecular flexibility index (Phi) is 5.20. The standard InChI is InChI=1S/C19H20N2O2S2/c1-15-7-5-6-10-18(15)20-19(24)21(13-16-8-3-2-4-9-16)17-11-12-25(22,23)14-17/h2-12,17H,13-14H2,1H3,(H,20,24)/t17-/m1/s1. The van der Waals surface area contributed by atoms with Crippen LogP contribution in [-0.2, 0) is 16.4 Å². The Morgan fingerprint density at radius 2 is 1.84 bits per heavy atom. The number of hydrogen-bond acceptors (Lipinski definition) is 3. The molecule has 0 unspecified atom stereocenters. The molecule has 0 aliphatic carbocycles. The number of thiocarbonyl (C=S) groups is 1. The van der Waals surface area contributed by atoms with E-state index in [2.05, 4.69) is 5.32 Å². The highest BCUT2D eigenvalue weighted by Crippen LogP contribution is 2.20. The van der Waals surface area contributed by atoms with Crippen molar-refractivity contribution >= 4 is 32.9 Å². The van der Waals surface area contributed by atoms with Crippen LogP contribution in [0.2, 0.25) is 0 Å². The fourth-order valence-corrected chi connectivity index (χ4v) is 4.38. The number of anilines is 1. The van der Waals surface area contributed by atoms with Crippen LogP contribution >= 0.6 is 12.2 Å². The summed E-state index contributed by atoms with van der Waals surface area (Å²) < 4.78 is 23.7. The van der Waals surface area contributed by atoms with Gasteiger partial charge in [0.05, 0.1) is 11.8 Å². The number of hydrogen-bond donors (Lipinski definition) is 1. The maximum atomic E-state index is 11.9. The molecule has 2 aromatic rings. The molecular weight excluding hydrogens is 352 g/mol. The molecule has 1 heterocycles. The summed E-state index contributed by atoms with van der Waals surface area (Å²) in [7, 11) is -3.16. The molecule has 130 valence electrons. The maximum Gasteiger partial charge on any atom is 0.174 e. The highest BCUT2D eigenvalue weighted by atomic mass is 32.2. The molecule has 1 aliphatic rings. The second-order valence-corrected chi connectivity index (χ2v) is 8.40. The molecule has 1 aliphatic heterocycles. The molecule has 1 N–H and O–H groups in total. The van der Waals surface area contributed by atoms with E-state index in [4.69, 9.17) is 12.2 Å². The van der Waals surface area contributed by atoms with Crippen molar-refractivity contribution in [1.82, 2.24) is 4.90 Å². The molecule has 0 aromatic heterocycles. The van der Waals surface area contributed by atoms with E-state index in [9.17, 15) is 8.42 Å². The first-order valence-corrected chi connectivity index (χ1v) is 10.2. The van der Waals surface area contributed by atoms with E-state index in [1.807, 2.05) is 66.4 Å². The summed E-state index contributed by atoms with van der Waals surface area (Å²) in [5.41, 5.74) is 3.09. The average Bonchev–Trinajstić information content (AvgIpc) is 2.95. The lowest BCUT2D eigenvalue weighted by Gasteiger charge is -2.30. The smallest absolute Gasteiger partial charge is 0.174 e. The third-order valence-electron chi connectivity index (χ3n) is 4.15. The van der Waals surface area contributed by atoms with E-state index in [-0.39, 0.29) is 11.8 Å². The maximum absolute atomic E-state index is 11.9. The van der Waals surface area contributed by atoms with E-state index in [0.717, 1.165) is 16.8 Å². The Bertz CT molecular complexity index is 893. The predicted molar refractivity (Wildman–Crippen MR) is 106 cm³/mol. The number of para-hydroxylation sites is 1.